The van der Waals surface area contributed by atoms with Crippen LogP contribution in [0.1, 0.15) is 37.4 Å². The van der Waals surface area contributed by atoms with E-state index < -0.39 is 52.6 Å². The Balaban J connectivity index is 2.23. The number of aliphatic carboxylic acids is 1. The molecular weight excluding hydrogens is 421 g/mol. The van der Waals surface area contributed by atoms with Crippen LogP contribution in [-0.2, 0) is 10.7 Å². The number of aromatic amines is 1. The highest BCUT2D eigenvalue weighted by molar-refractivity contribution is 6.00. The van der Waals surface area contributed by atoms with Crippen LogP contribution in [0.25, 0.3) is 27.5 Å². The van der Waals surface area contributed by atoms with Crippen molar-refractivity contribution in [2.24, 2.45) is 0 Å². The summed E-state index contributed by atoms with van der Waals surface area (Å²) in [4.78, 5) is 11.1. The molecule has 0 aliphatic rings. The highest BCUT2D eigenvalue weighted by atomic mass is 19.3. The summed E-state index contributed by atoms with van der Waals surface area (Å²) in [5.74, 6) is -9.73. The lowest BCUT2D eigenvalue weighted by Crippen LogP contribution is -2.21. The zero-order chi connectivity index (χ0) is 22.7. The zero-order valence-corrected chi connectivity index (χ0v) is 16.3. The summed E-state index contributed by atoms with van der Waals surface area (Å²) in [6.07, 6.45) is -0.269. The van der Waals surface area contributed by atoms with Crippen LogP contribution in [0.3, 0.4) is 0 Å². The van der Waals surface area contributed by atoms with Gasteiger partial charge in [-0.25, -0.2) is 22.0 Å². The topological polar surface area (TPSA) is 70.9 Å². The van der Waals surface area contributed by atoms with Gasteiger partial charge in [-0.1, -0.05) is 13.8 Å². The van der Waals surface area contributed by atoms with Crippen LogP contribution in [0.4, 0.5) is 22.0 Å². The van der Waals surface area contributed by atoms with E-state index in [1.165, 1.54) is 22.9 Å². The van der Waals surface area contributed by atoms with E-state index in [2.05, 4.69) is 10.2 Å². The number of benzene rings is 2. The van der Waals surface area contributed by atoms with E-state index >= 15 is 13.2 Å². The van der Waals surface area contributed by atoms with Crippen LogP contribution in [0.2, 0.25) is 0 Å². The van der Waals surface area contributed by atoms with Gasteiger partial charge in [0, 0.05) is 28.2 Å². The second-order valence-corrected chi connectivity index (χ2v) is 7.54. The lowest BCUT2D eigenvalue weighted by atomic mass is 9.95. The fourth-order valence-electron chi connectivity index (χ4n) is 3.92. The molecule has 0 aliphatic heterocycles. The number of carboxylic acids is 1. The first-order valence-electron chi connectivity index (χ1n) is 9.28. The molecule has 4 rings (SSSR count). The van der Waals surface area contributed by atoms with Gasteiger partial charge in [0.15, 0.2) is 17.5 Å². The SMILES string of the molecule is CC(C)c1c(C(F)(F)CC(=O)O)c2c(F)c3[nH]ncc3cc2n1-c1ccc(F)c(F)c1. The summed E-state index contributed by atoms with van der Waals surface area (Å²) in [5, 5.41) is 14.9. The van der Waals surface area contributed by atoms with E-state index in [-0.39, 0.29) is 27.8 Å². The Morgan fingerprint density at radius 1 is 1.19 bits per heavy atom. The summed E-state index contributed by atoms with van der Waals surface area (Å²) in [5.41, 5.74) is -1.09. The molecule has 2 heterocycles. The number of carbonyl (C=O) groups is 1. The molecule has 2 N–H and O–H groups in total. The van der Waals surface area contributed by atoms with Crippen molar-refractivity contribution in [1.82, 2.24) is 14.8 Å². The van der Waals surface area contributed by atoms with Gasteiger partial charge >= 0.3 is 5.97 Å². The highest BCUT2D eigenvalue weighted by Crippen LogP contribution is 2.46. The minimum absolute atomic E-state index is 0.00720. The van der Waals surface area contributed by atoms with E-state index in [1.54, 1.807) is 13.8 Å². The van der Waals surface area contributed by atoms with Crippen molar-refractivity contribution in [3.8, 4) is 5.69 Å². The van der Waals surface area contributed by atoms with Gasteiger partial charge in [0.25, 0.3) is 5.92 Å². The van der Waals surface area contributed by atoms with E-state index in [0.717, 1.165) is 12.1 Å². The van der Waals surface area contributed by atoms with Crippen molar-refractivity contribution in [2.75, 3.05) is 0 Å². The van der Waals surface area contributed by atoms with E-state index in [4.69, 9.17) is 5.11 Å². The first-order valence-corrected chi connectivity index (χ1v) is 9.28. The fourth-order valence-corrected chi connectivity index (χ4v) is 3.92. The molecule has 0 aliphatic carbocycles. The lowest BCUT2D eigenvalue weighted by molar-refractivity contribution is -0.145. The smallest absolute Gasteiger partial charge is 0.309 e. The molecule has 0 spiro atoms. The molecule has 2 aromatic carbocycles. The van der Waals surface area contributed by atoms with Gasteiger partial charge in [-0.3, -0.25) is 9.89 Å². The minimum Gasteiger partial charge on any atom is -0.481 e. The number of carboxylic acid groups (broad SMARTS) is 1. The Labute approximate surface area is 172 Å². The summed E-state index contributed by atoms with van der Waals surface area (Å²) < 4.78 is 74.6. The average molecular weight is 437 g/mol. The third-order valence-electron chi connectivity index (χ3n) is 5.09. The second kappa shape index (κ2) is 7.07. The number of nitrogens with one attached hydrogen (secondary N) is 1. The highest BCUT2D eigenvalue weighted by Gasteiger charge is 2.43. The number of nitrogens with zero attached hydrogens (tertiary/aromatic N) is 2. The summed E-state index contributed by atoms with van der Waals surface area (Å²) in [7, 11) is 0. The van der Waals surface area contributed by atoms with Crippen LogP contribution in [0, 0.1) is 17.5 Å². The van der Waals surface area contributed by atoms with Gasteiger partial charge in [0.1, 0.15) is 11.9 Å². The minimum atomic E-state index is -3.94. The third kappa shape index (κ3) is 3.22. The number of halogens is 5. The maximum absolute atomic E-state index is 15.4. The van der Waals surface area contributed by atoms with E-state index in [9.17, 15) is 13.6 Å². The quantitative estimate of drug-likeness (QED) is 0.399. The van der Waals surface area contributed by atoms with Gasteiger partial charge in [-0.15, -0.1) is 0 Å². The number of H-pyrrole nitrogens is 1. The van der Waals surface area contributed by atoms with E-state index in [0.29, 0.717) is 0 Å². The number of hydrogen-bond donors (Lipinski definition) is 2. The van der Waals surface area contributed by atoms with Gasteiger partial charge in [0.05, 0.1) is 17.3 Å². The molecule has 0 radical (unpaired) electrons. The molecule has 5 nitrogen and oxygen atoms in total. The monoisotopic (exact) mass is 437 g/mol. The van der Waals surface area contributed by atoms with Gasteiger partial charge in [-0.05, 0) is 24.1 Å². The van der Waals surface area contributed by atoms with Crippen molar-refractivity contribution < 1.29 is 31.9 Å². The standard InChI is InChI=1S/C21H16F5N3O2/c1-9(2)20-17(21(25,26)7-15(30)31)16-14(5-10-8-27-28-19(10)18(16)24)29(20)11-3-4-12(22)13(23)6-11/h3-6,8-9H,7H2,1-2H3,(H,27,28)(H,30,31). The van der Waals surface area contributed by atoms with Gasteiger partial charge in [0.2, 0.25) is 0 Å². The number of rotatable bonds is 5. The molecule has 0 atom stereocenters. The molecule has 162 valence electrons. The predicted molar refractivity (Wildman–Crippen MR) is 103 cm³/mol. The molecular formula is C21H16F5N3O2. The number of aromatic nitrogens is 3. The lowest BCUT2D eigenvalue weighted by Gasteiger charge is -2.20. The summed E-state index contributed by atoms with van der Waals surface area (Å²) in [6.45, 7) is 3.13. The van der Waals surface area contributed by atoms with Crippen molar-refractivity contribution in [3.63, 3.8) is 0 Å². The predicted octanol–water partition coefficient (Wildman–Crippen LogP) is 5.61. The maximum atomic E-state index is 15.4. The molecule has 2 aromatic heterocycles. The van der Waals surface area contributed by atoms with Gasteiger partial charge < -0.3 is 9.67 Å². The first-order chi connectivity index (χ1) is 14.5. The van der Waals surface area contributed by atoms with Crippen molar-refractivity contribution >= 4 is 27.8 Å². The molecule has 4 aromatic rings. The molecule has 10 heteroatoms. The zero-order valence-electron chi connectivity index (χ0n) is 16.3. The van der Waals surface area contributed by atoms with Crippen LogP contribution < -0.4 is 0 Å². The van der Waals surface area contributed by atoms with Crippen molar-refractivity contribution in [3.05, 3.63) is 59.2 Å². The fraction of sp³-hybridized carbons (Fsp3) is 0.238. The Kier molecular flexibility index (Phi) is 4.75. The normalized spacial score (nSPS) is 12.4. The van der Waals surface area contributed by atoms with Crippen molar-refractivity contribution in [1.29, 1.82) is 0 Å². The maximum Gasteiger partial charge on any atom is 0.309 e. The number of fused-ring (bicyclic) bond motifs is 2. The molecule has 0 saturated carbocycles. The van der Waals surface area contributed by atoms with E-state index in [1.807, 2.05) is 0 Å². The second-order valence-electron chi connectivity index (χ2n) is 7.54. The molecule has 0 fully saturated rings. The van der Waals surface area contributed by atoms with Crippen molar-refractivity contribution in [2.45, 2.75) is 32.1 Å². The Bertz CT molecular complexity index is 1340. The Morgan fingerprint density at radius 2 is 1.90 bits per heavy atom. The number of hydrogen-bond acceptors (Lipinski definition) is 2. The Hall–Kier alpha value is -3.43. The largest absolute Gasteiger partial charge is 0.481 e. The first kappa shape index (κ1) is 20.8. The van der Waals surface area contributed by atoms with Crippen LogP contribution in [0.5, 0.6) is 0 Å². The van der Waals surface area contributed by atoms with Crippen LogP contribution in [-0.4, -0.2) is 25.8 Å². The third-order valence-corrected chi connectivity index (χ3v) is 5.09. The van der Waals surface area contributed by atoms with Gasteiger partial charge in [-0.2, -0.15) is 5.10 Å². The molecule has 31 heavy (non-hydrogen) atoms. The van der Waals surface area contributed by atoms with Crippen LogP contribution >= 0.6 is 0 Å². The molecule has 0 bridgehead atoms. The Morgan fingerprint density at radius 3 is 2.52 bits per heavy atom. The summed E-state index contributed by atoms with van der Waals surface area (Å²) >= 11 is 0. The number of alkyl halides is 2. The molecule has 0 unspecified atom stereocenters. The molecule has 0 amide bonds. The summed E-state index contributed by atoms with van der Waals surface area (Å²) in [6, 6.07) is 4.23. The average Bonchev–Trinajstić information content (AvgIpc) is 3.26. The van der Waals surface area contributed by atoms with Crippen LogP contribution in [0.15, 0.2) is 30.5 Å². The molecule has 0 saturated heterocycles.